The minimum Gasteiger partial charge on any atom is -0.480 e. The van der Waals surface area contributed by atoms with Crippen LogP contribution in [0.5, 0.6) is 0 Å². The third kappa shape index (κ3) is 11.5. The van der Waals surface area contributed by atoms with Gasteiger partial charge < -0.3 is 38.3 Å². The number of aliphatic imine (C=N–C) groups is 1. The third-order valence-corrected chi connectivity index (χ3v) is 6.20. The van der Waals surface area contributed by atoms with Crippen molar-refractivity contribution in [3.63, 3.8) is 0 Å². The van der Waals surface area contributed by atoms with E-state index in [0.29, 0.717) is 12.8 Å². The van der Waals surface area contributed by atoms with E-state index >= 15 is 0 Å². The van der Waals surface area contributed by atoms with Crippen LogP contribution in [0.3, 0.4) is 0 Å². The van der Waals surface area contributed by atoms with Gasteiger partial charge in [-0.2, -0.15) is 12.6 Å². The van der Waals surface area contributed by atoms with Crippen LogP contribution in [0.25, 0.3) is 0 Å². The van der Waals surface area contributed by atoms with E-state index in [4.69, 9.17) is 17.2 Å². The van der Waals surface area contributed by atoms with Gasteiger partial charge in [-0.15, -0.1) is 0 Å². The zero-order chi connectivity index (χ0) is 28.0. The molecule has 0 saturated carbocycles. The minimum atomic E-state index is -1.22. The zero-order valence-corrected chi connectivity index (χ0v) is 22.1. The van der Waals surface area contributed by atoms with E-state index in [1.807, 2.05) is 25.1 Å². The number of nitrogens with zero attached hydrogens (tertiary/aromatic N) is 1. The van der Waals surface area contributed by atoms with Crippen LogP contribution in [0.2, 0.25) is 0 Å². The van der Waals surface area contributed by atoms with Crippen molar-refractivity contribution >= 4 is 42.3 Å². The first-order chi connectivity index (χ1) is 17.5. The topological polar surface area (TPSA) is 215 Å². The molecule has 0 aliphatic rings. The summed E-state index contributed by atoms with van der Waals surface area (Å²) in [7, 11) is 0. The summed E-state index contributed by atoms with van der Waals surface area (Å²) in [6.07, 6.45) is 1.11. The van der Waals surface area contributed by atoms with Gasteiger partial charge >= 0.3 is 5.97 Å². The van der Waals surface area contributed by atoms with Crippen molar-refractivity contribution in [1.82, 2.24) is 16.0 Å². The SMILES string of the molecule is CCC(C)C(NC(=O)C(Cc1ccccc1)NC(=O)C(N)CS)C(=O)NC(CCCN=C(N)N)C(=O)O. The maximum atomic E-state index is 13.3. The van der Waals surface area contributed by atoms with E-state index in [1.165, 1.54) is 0 Å². The molecule has 0 spiro atoms. The van der Waals surface area contributed by atoms with Crippen LogP contribution in [0.4, 0.5) is 0 Å². The lowest BCUT2D eigenvalue weighted by Gasteiger charge is -2.28. The normalized spacial score (nSPS) is 14.8. The maximum Gasteiger partial charge on any atom is 0.326 e. The fourth-order valence-electron chi connectivity index (χ4n) is 3.40. The van der Waals surface area contributed by atoms with Crippen LogP contribution in [-0.4, -0.2) is 71.2 Å². The van der Waals surface area contributed by atoms with Gasteiger partial charge in [0.1, 0.15) is 18.1 Å². The quantitative estimate of drug-likeness (QED) is 0.0572. The summed E-state index contributed by atoms with van der Waals surface area (Å²) in [6, 6.07) is 4.89. The predicted octanol–water partition coefficient (Wildman–Crippen LogP) is -0.875. The molecule has 5 atom stereocenters. The molecular weight excluding hydrogens is 498 g/mol. The second-order valence-electron chi connectivity index (χ2n) is 8.76. The molecule has 1 rings (SSSR count). The van der Waals surface area contributed by atoms with Crippen LogP contribution < -0.4 is 33.2 Å². The molecule has 5 unspecified atom stereocenters. The Bertz CT molecular complexity index is 927. The Hall–Kier alpha value is -3.32. The van der Waals surface area contributed by atoms with Crippen LogP contribution in [0, 0.1) is 5.92 Å². The van der Waals surface area contributed by atoms with Gasteiger partial charge in [0.25, 0.3) is 0 Å². The van der Waals surface area contributed by atoms with Gasteiger partial charge in [-0.05, 0) is 24.3 Å². The average molecular weight is 538 g/mol. The summed E-state index contributed by atoms with van der Waals surface area (Å²) in [6.45, 7) is 3.82. The lowest BCUT2D eigenvalue weighted by atomic mass is 9.96. The standard InChI is InChI=1S/C24H39N7O5S/c1-3-14(2)19(22(34)29-17(23(35)36)10-7-11-28-24(26)27)31-21(33)18(30-20(32)16(25)13-37)12-15-8-5-4-6-9-15/h4-6,8-9,14,16-19,37H,3,7,10-13,25H2,1-2H3,(H,29,34)(H,30,32)(H,31,33)(H,35,36)(H4,26,27,28). The number of hydrogen-bond donors (Lipinski definition) is 8. The first kappa shape index (κ1) is 31.7. The lowest BCUT2D eigenvalue weighted by Crippen LogP contribution is -2.59. The largest absolute Gasteiger partial charge is 0.480 e. The Morgan fingerprint density at radius 1 is 1.00 bits per heavy atom. The van der Waals surface area contributed by atoms with Gasteiger partial charge in [-0.1, -0.05) is 50.6 Å². The number of guanidine groups is 1. The first-order valence-electron chi connectivity index (χ1n) is 12.1. The number of carbonyl (C=O) groups excluding carboxylic acids is 3. The van der Waals surface area contributed by atoms with Crippen molar-refractivity contribution in [3.8, 4) is 0 Å². The first-order valence-corrected chi connectivity index (χ1v) is 12.7. The highest BCUT2D eigenvalue weighted by atomic mass is 32.1. The average Bonchev–Trinajstić information content (AvgIpc) is 2.87. The summed E-state index contributed by atoms with van der Waals surface area (Å²) in [5, 5.41) is 17.4. The molecule has 3 amide bonds. The van der Waals surface area contributed by atoms with Crippen molar-refractivity contribution < 1.29 is 24.3 Å². The molecule has 37 heavy (non-hydrogen) atoms. The Morgan fingerprint density at radius 3 is 2.16 bits per heavy atom. The number of carbonyl (C=O) groups is 4. The smallest absolute Gasteiger partial charge is 0.326 e. The second-order valence-corrected chi connectivity index (χ2v) is 9.13. The third-order valence-electron chi connectivity index (χ3n) is 5.80. The molecule has 0 bridgehead atoms. The summed E-state index contributed by atoms with van der Waals surface area (Å²) in [5.74, 6) is -3.36. The Morgan fingerprint density at radius 2 is 1.62 bits per heavy atom. The van der Waals surface area contributed by atoms with Gasteiger partial charge in [-0.25, -0.2) is 4.79 Å². The minimum absolute atomic E-state index is 0.0865. The van der Waals surface area contributed by atoms with E-state index < -0.39 is 47.9 Å². The van der Waals surface area contributed by atoms with Crippen molar-refractivity contribution in [3.05, 3.63) is 35.9 Å². The molecule has 12 nitrogen and oxygen atoms in total. The highest BCUT2D eigenvalue weighted by Gasteiger charge is 2.32. The second kappa shape index (κ2) is 16.4. The van der Waals surface area contributed by atoms with Crippen molar-refractivity contribution in [2.75, 3.05) is 12.3 Å². The number of nitrogens with two attached hydrogens (primary N) is 3. The summed E-state index contributed by atoms with van der Waals surface area (Å²) in [4.78, 5) is 54.4. The van der Waals surface area contributed by atoms with E-state index in [2.05, 4.69) is 33.6 Å². The monoisotopic (exact) mass is 537 g/mol. The van der Waals surface area contributed by atoms with Gasteiger partial charge in [-0.3, -0.25) is 19.4 Å². The zero-order valence-electron chi connectivity index (χ0n) is 21.2. The molecule has 0 fully saturated rings. The molecule has 0 saturated heterocycles. The molecule has 0 heterocycles. The van der Waals surface area contributed by atoms with Gasteiger partial charge in [0.05, 0.1) is 6.04 Å². The molecule has 0 aromatic heterocycles. The number of aliphatic carboxylic acids is 1. The fourth-order valence-corrected chi connectivity index (χ4v) is 3.56. The van der Waals surface area contributed by atoms with Crippen LogP contribution >= 0.6 is 12.6 Å². The van der Waals surface area contributed by atoms with Crippen molar-refractivity contribution in [1.29, 1.82) is 0 Å². The summed E-state index contributed by atoms with van der Waals surface area (Å²) in [5.41, 5.74) is 17.1. The van der Waals surface area contributed by atoms with Gasteiger partial charge in [0.15, 0.2) is 5.96 Å². The summed E-state index contributed by atoms with van der Waals surface area (Å²) >= 11 is 4.03. The highest BCUT2D eigenvalue weighted by molar-refractivity contribution is 7.80. The van der Waals surface area contributed by atoms with E-state index in [9.17, 15) is 24.3 Å². The molecule has 1 aromatic rings. The highest BCUT2D eigenvalue weighted by Crippen LogP contribution is 2.11. The number of carboxylic acids is 1. The number of benzene rings is 1. The molecule has 1 aromatic carbocycles. The van der Waals surface area contributed by atoms with Crippen LogP contribution in [0.15, 0.2) is 35.3 Å². The van der Waals surface area contributed by atoms with Gasteiger partial charge in [0, 0.05) is 18.7 Å². The Kier molecular flexibility index (Phi) is 14.1. The van der Waals surface area contributed by atoms with Crippen LogP contribution in [-0.2, 0) is 25.6 Å². The predicted molar refractivity (Wildman–Crippen MR) is 145 cm³/mol. The molecule has 0 aliphatic heterocycles. The van der Waals surface area contributed by atoms with E-state index in [0.717, 1.165) is 5.56 Å². The van der Waals surface area contributed by atoms with Crippen LogP contribution in [0.1, 0.15) is 38.7 Å². The maximum absolute atomic E-state index is 13.3. The number of amides is 3. The number of hydrogen-bond acceptors (Lipinski definition) is 7. The number of nitrogens with one attached hydrogen (secondary N) is 3. The Balaban J connectivity index is 3.04. The number of rotatable bonds is 16. The van der Waals surface area contributed by atoms with E-state index in [1.54, 1.807) is 19.1 Å². The van der Waals surface area contributed by atoms with Crippen molar-refractivity contribution in [2.24, 2.45) is 28.1 Å². The summed E-state index contributed by atoms with van der Waals surface area (Å²) < 4.78 is 0. The number of thiol groups is 1. The molecular formula is C24H39N7O5S. The molecule has 13 heteroatoms. The van der Waals surface area contributed by atoms with Crippen molar-refractivity contribution in [2.45, 2.75) is 63.7 Å². The fraction of sp³-hybridized carbons (Fsp3) is 0.542. The Labute approximate surface area is 222 Å². The molecule has 0 radical (unpaired) electrons. The van der Waals surface area contributed by atoms with E-state index in [-0.39, 0.29) is 37.0 Å². The lowest BCUT2D eigenvalue weighted by molar-refractivity contribution is -0.142. The number of carboxylic acid groups (broad SMARTS) is 1. The van der Waals surface area contributed by atoms with Gasteiger partial charge in [0.2, 0.25) is 17.7 Å². The molecule has 206 valence electrons. The molecule has 0 aliphatic carbocycles. The molecule has 10 N–H and O–H groups in total.